The van der Waals surface area contributed by atoms with E-state index in [2.05, 4.69) is 22.9 Å². The number of ketones is 1. The van der Waals surface area contributed by atoms with Gasteiger partial charge < -0.3 is 0 Å². The third-order valence-corrected chi connectivity index (χ3v) is 5.79. The Balaban J connectivity index is 1.89. The molecule has 0 saturated carbocycles. The van der Waals surface area contributed by atoms with Crippen molar-refractivity contribution < 1.29 is 4.79 Å². The summed E-state index contributed by atoms with van der Waals surface area (Å²) in [5.41, 5.74) is 4.52. The Bertz CT molecular complexity index is 1020. The molecule has 4 rings (SSSR count). The summed E-state index contributed by atoms with van der Waals surface area (Å²) in [4.78, 5) is 23.8. The predicted molar refractivity (Wildman–Crippen MR) is 105 cm³/mol. The normalized spacial score (nSPS) is 11.1. The minimum Gasteiger partial charge on any atom is -0.299 e. The Morgan fingerprint density at radius 1 is 0.920 bits per heavy atom. The molecule has 3 heterocycles. The molecule has 4 aromatic rings. The Labute approximate surface area is 154 Å². The maximum atomic E-state index is 11.7. The quantitative estimate of drug-likeness (QED) is 0.462. The Morgan fingerprint density at radius 2 is 1.56 bits per heavy atom. The molecule has 0 radical (unpaired) electrons. The lowest BCUT2D eigenvalue weighted by molar-refractivity contribution is -0.118. The topological polar surface area (TPSA) is 42.9 Å². The second kappa shape index (κ2) is 6.86. The maximum absolute atomic E-state index is 11.7. The van der Waals surface area contributed by atoms with Crippen molar-refractivity contribution in [2.24, 2.45) is 0 Å². The van der Waals surface area contributed by atoms with Gasteiger partial charge in [-0.1, -0.05) is 25.1 Å². The van der Waals surface area contributed by atoms with Crippen LogP contribution < -0.4 is 0 Å². The van der Waals surface area contributed by atoms with Gasteiger partial charge >= 0.3 is 0 Å². The number of nitrogens with zero attached hydrogens (tertiary/aromatic N) is 2. The summed E-state index contributed by atoms with van der Waals surface area (Å²) in [5.74, 6) is 0.237. The average Bonchev–Trinajstić information content (AvgIpc) is 3.34. The van der Waals surface area contributed by atoms with Crippen LogP contribution in [0.5, 0.6) is 0 Å². The first-order valence-corrected chi connectivity index (χ1v) is 9.90. The number of hydrogen-bond acceptors (Lipinski definition) is 5. The van der Waals surface area contributed by atoms with Crippen LogP contribution in [0, 0.1) is 0 Å². The van der Waals surface area contributed by atoms with Crippen molar-refractivity contribution in [3.63, 3.8) is 0 Å². The van der Waals surface area contributed by atoms with Gasteiger partial charge in [0.1, 0.15) is 17.2 Å². The van der Waals surface area contributed by atoms with E-state index < -0.39 is 0 Å². The molecule has 3 aromatic heterocycles. The second-order valence-corrected chi connectivity index (χ2v) is 7.66. The SMILES string of the molecule is CCC(=O)Cc1ccc2nc(-c3cccs3)c(-c3cccs3)nc2c1. The lowest BCUT2D eigenvalue weighted by atomic mass is 10.1. The van der Waals surface area contributed by atoms with E-state index in [1.165, 1.54) is 0 Å². The van der Waals surface area contributed by atoms with Gasteiger partial charge in [-0.3, -0.25) is 4.79 Å². The highest BCUT2D eigenvalue weighted by molar-refractivity contribution is 7.14. The highest BCUT2D eigenvalue weighted by Gasteiger charge is 2.15. The molecule has 0 atom stereocenters. The van der Waals surface area contributed by atoms with E-state index in [1.54, 1.807) is 22.7 Å². The molecule has 0 saturated heterocycles. The molecule has 0 aliphatic carbocycles. The number of carbonyl (C=O) groups excluding carboxylic acids is 1. The molecule has 0 aliphatic heterocycles. The van der Waals surface area contributed by atoms with Crippen LogP contribution in [0.2, 0.25) is 0 Å². The molecule has 25 heavy (non-hydrogen) atoms. The van der Waals surface area contributed by atoms with Crippen molar-refractivity contribution in [3.05, 3.63) is 58.8 Å². The standard InChI is InChI=1S/C20H16N2OS2/c1-2-14(23)11-13-7-8-15-16(12-13)22-20(18-6-4-10-25-18)19(21-15)17-5-3-9-24-17/h3-10,12H,2,11H2,1H3. The van der Waals surface area contributed by atoms with Crippen molar-refractivity contribution in [3.8, 4) is 21.1 Å². The average molecular weight is 364 g/mol. The van der Waals surface area contributed by atoms with Gasteiger partial charge in [0.25, 0.3) is 0 Å². The van der Waals surface area contributed by atoms with Gasteiger partial charge in [0.15, 0.2) is 0 Å². The van der Waals surface area contributed by atoms with Crippen molar-refractivity contribution in [1.82, 2.24) is 9.97 Å². The Hall–Kier alpha value is -2.37. The van der Waals surface area contributed by atoms with Crippen LogP contribution in [-0.4, -0.2) is 15.8 Å². The van der Waals surface area contributed by atoms with Crippen molar-refractivity contribution in [2.45, 2.75) is 19.8 Å². The van der Waals surface area contributed by atoms with Crippen LogP contribution >= 0.6 is 22.7 Å². The molecular weight excluding hydrogens is 348 g/mol. The van der Waals surface area contributed by atoms with Crippen LogP contribution in [0.1, 0.15) is 18.9 Å². The van der Waals surface area contributed by atoms with Crippen LogP contribution in [0.25, 0.3) is 32.2 Å². The molecule has 3 nitrogen and oxygen atoms in total. The molecule has 0 spiro atoms. The van der Waals surface area contributed by atoms with E-state index in [-0.39, 0.29) is 5.78 Å². The van der Waals surface area contributed by atoms with Crippen molar-refractivity contribution in [1.29, 1.82) is 0 Å². The molecular formula is C20H16N2OS2. The highest BCUT2D eigenvalue weighted by atomic mass is 32.1. The van der Waals surface area contributed by atoms with Crippen LogP contribution in [0.4, 0.5) is 0 Å². The molecule has 0 amide bonds. The molecule has 124 valence electrons. The third-order valence-electron chi connectivity index (χ3n) is 4.03. The monoisotopic (exact) mass is 364 g/mol. The zero-order chi connectivity index (χ0) is 17.2. The minimum atomic E-state index is 0.237. The molecule has 1 aromatic carbocycles. The number of Topliss-reactive ketones (excluding diaryl/α,β-unsaturated/α-hetero) is 1. The number of benzene rings is 1. The van der Waals surface area contributed by atoms with Crippen molar-refractivity contribution in [2.75, 3.05) is 0 Å². The zero-order valence-corrected chi connectivity index (χ0v) is 15.4. The highest BCUT2D eigenvalue weighted by Crippen LogP contribution is 2.35. The second-order valence-electron chi connectivity index (χ2n) is 5.77. The number of carbonyl (C=O) groups is 1. The lowest BCUT2D eigenvalue weighted by Gasteiger charge is -2.08. The van der Waals surface area contributed by atoms with Gasteiger partial charge in [0.2, 0.25) is 0 Å². The number of thiophene rings is 2. The Kier molecular flexibility index (Phi) is 4.42. The van der Waals surface area contributed by atoms with Gasteiger partial charge in [-0.05, 0) is 40.6 Å². The predicted octanol–water partition coefficient (Wildman–Crippen LogP) is 5.61. The Morgan fingerprint density at radius 3 is 2.12 bits per heavy atom. The van der Waals surface area contributed by atoms with Crippen LogP contribution in [0.3, 0.4) is 0 Å². The van der Waals surface area contributed by atoms with E-state index in [9.17, 15) is 4.79 Å². The van der Waals surface area contributed by atoms with E-state index in [0.29, 0.717) is 12.8 Å². The van der Waals surface area contributed by atoms with Gasteiger partial charge in [-0.2, -0.15) is 0 Å². The summed E-state index contributed by atoms with van der Waals surface area (Å²) in [5, 5.41) is 4.11. The molecule has 0 aliphatic rings. The molecule has 5 heteroatoms. The largest absolute Gasteiger partial charge is 0.299 e. The van der Waals surface area contributed by atoms with Gasteiger partial charge in [-0.25, -0.2) is 9.97 Å². The van der Waals surface area contributed by atoms with Crippen molar-refractivity contribution >= 4 is 39.5 Å². The number of hydrogen-bond donors (Lipinski definition) is 0. The maximum Gasteiger partial charge on any atom is 0.136 e. The fourth-order valence-electron chi connectivity index (χ4n) is 2.73. The van der Waals surface area contributed by atoms with Crippen LogP contribution in [-0.2, 0) is 11.2 Å². The summed E-state index contributed by atoms with van der Waals surface area (Å²) in [6.45, 7) is 1.89. The van der Waals surface area contributed by atoms with Gasteiger partial charge in [0.05, 0.1) is 20.8 Å². The summed E-state index contributed by atoms with van der Waals surface area (Å²) in [7, 11) is 0. The molecule has 0 bridgehead atoms. The first-order chi connectivity index (χ1) is 12.2. The summed E-state index contributed by atoms with van der Waals surface area (Å²) >= 11 is 3.33. The first-order valence-electron chi connectivity index (χ1n) is 8.14. The summed E-state index contributed by atoms with van der Waals surface area (Å²) in [6.07, 6.45) is 1.01. The first kappa shape index (κ1) is 16.1. The zero-order valence-electron chi connectivity index (χ0n) is 13.7. The van der Waals surface area contributed by atoms with E-state index >= 15 is 0 Å². The van der Waals surface area contributed by atoms with E-state index in [4.69, 9.17) is 9.97 Å². The van der Waals surface area contributed by atoms with Gasteiger partial charge in [-0.15, -0.1) is 22.7 Å². The number of rotatable bonds is 5. The summed E-state index contributed by atoms with van der Waals surface area (Å²) in [6, 6.07) is 14.1. The van der Waals surface area contributed by atoms with E-state index in [0.717, 1.165) is 37.7 Å². The smallest absolute Gasteiger partial charge is 0.136 e. The summed E-state index contributed by atoms with van der Waals surface area (Å²) < 4.78 is 0. The molecule has 0 N–H and O–H groups in total. The number of aromatic nitrogens is 2. The molecule has 0 fully saturated rings. The number of fused-ring (bicyclic) bond motifs is 1. The minimum absolute atomic E-state index is 0.237. The lowest BCUT2D eigenvalue weighted by Crippen LogP contribution is -2.01. The molecule has 0 unspecified atom stereocenters. The fourth-order valence-corrected chi connectivity index (χ4v) is 4.16. The fraction of sp³-hybridized carbons (Fsp3) is 0.150. The van der Waals surface area contributed by atoms with E-state index in [1.807, 2.05) is 37.3 Å². The van der Waals surface area contributed by atoms with Crippen LogP contribution in [0.15, 0.2) is 53.2 Å². The third kappa shape index (κ3) is 3.25. The van der Waals surface area contributed by atoms with Gasteiger partial charge in [0, 0.05) is 12.8 Å².